The molecule has 1 amide bonds. The van der Waals surface area contributed by atoms with Crippen molar-refractivity contribution >= 4 is 17.2 Å². The van der Waals surface area contributed by atoms with Crippen LogP contribution in [0.15, 0.2) is 5.38 Å². The molecule has 90 valence electrons. The predicted octanol–water partition coefficient (Wildman–Crippen LogP) is 1.72. The van der Waals surface area contributed by atoms with Gasteiger partial charge in [-0.15, -0.1) is 11.3 Å². The first-order chi connectivity index (χ1) is 8.08. The molecule has 0 aliphatic carbocycles. The summed E-state index contributed by atoms with van der Waals surface area (Å²) in [6.07, 6.45) is 0. The molecule has 0 atom stereocenters. The normalized spacial score (nSPS) is 10.5. The number of H-pyrrole nitrogens is 1. The molecule has 2 rings (SSSR count). The maximum absolute atomic E-state index is 11.8. The highest BCUT2D eigenvalue weighted by atomic mass is 32.1. The summed E-state index contributed by atoms with van der Waals surface area (Å²) in [6, 6.07) is 0. The van der Waals surface area contributed by atoms with E-state index in [0.717, 1.165) is 22.0 Å². The largest absolute Gasteiger partial charge is 0.346 e. The lowest BCUT2D eigenvalue weighted by Gasteiger charge is -2.03. The Morgan fingerprint density at radius 2 is 2.24 bits per heavy atom. The molecular weight excluding hydrogens is 236 g/mol. The molecule has 0 unspecified atom stereocenters. The fourth-order valence-corrected chi connectivity index (χ4v) is 2.15. The quantitative estimate of drug-likeness (QED) is 0.871. The Balaban J connectivity index is 2.02. The zero-order valence-corrected chi connectivity index (χ0v) is 10.8. The summed E-state index contributed by atoms with van der Waals surface area (Å²) >= 11 is 1.47. The number of amides is 1. The third kappa shape index (κ3) is 2.52. The molecule has 0 aromatic carbocycles. The number of nitrogens with one attached hydrogen (secondary N) is 2. The lowest BCUT2D eigenvalue weighted by atomic mass is 10.2. The molecule has 0 radical (unpaired) electrons. The number of aromatic nitrogens is 3. The molecule has 0 saturated carbocycles. The number of aryl methyl sites for hydroxylation is 3. The van der Waals surface area contributed by atoms with Crippen molar-refractivity contribution in [3.05, 3.63) is 33.0 Å². The molecule has 0 saturated heterocycles. The Morgan fingerprint density at radius 1 is 1.47 bits per heavy atom. The summed E-state index contributed by atoms with van der Waals surface area (Å²) in [4.78, 5) is 15.9. The van der Waals surface area contributed by atoms with E-state index < -0.39 is 0 Å². The highest BCUT2D eigenvalue weighted by molar-refractivity contribution is 7.09. The Hall–Kier alpha value is -1.69. The zero-order valence-electron chi connectivity index (χ0n) is 10.00. The molecule has 0 spiro atoms. The van der Waals surface area contributed by atoms with Gasteiger partial charge in [-0.1, -0.05) is 0 Å². The van der Waals surface area contributed by atoms with Gasteiger partial charge in [0.2, 0.25) is 0 Å². The van der Waals surface area contributed by atoms with Crippen LogP contribution < -0.4 is 5.32 Å². The van der Waals surface area contributed by atoms with Gasteiger partial charge in [-0.2, -0.15) is 5.10 Å². The highest BCUT2D eigenvalue weighted by Crippen LogP contribution is 2.10. The number of nitrogens with zero attached hydrogens (tertiary/aromatic N) is 2. The van der Waals surface area contributed by atoms with Crippen molar-refractivity contribution in [2.24, 2.45) is 0 Å². The minimum Gasteiger partial charge on any atom is -0.346 e. The summed E-state index contributed by atoms with van der Waals surface area (Å²) in [5.41, 5.74) is 3.41. The first-order valence-corrected chi connectivity index (χ1v) is 6.16. The molecule has 0 aliphatic heterocycles. The van der Waals surface area contributed by atoms with Gasteiger partial charge < -0.3 is 5.32 Å². The average molecular weight is 250 g/mol. The van der Waals surface area contributed by atoms with Crippen LogP contribution in [0.3, 0.4) is 0 Å². The van der Waals surface area contributed by atoms with Crippen molar-refractivity contribution < 1.29 is 4.79 Å². The standard InChI is InChI=1S/C11H14N4OS/c1-6-9(7(2)15-14-6)4-12-11(16)10-5-17-8(3)13-10/h5H,4H2,1-3H3,(H,12,16)(H,14,15). The van der Waals surface area contributed by atoms with E-state index in [1.54, 1.807) is 5.38 Å². The minimum atomic E-state index is -0.144. The molecular formula is C11H14N4OS. The van der Waals surface area contributed by atoms with Crippen molar-refractivity contribution in [1.82, 2.24) is 20.5 Å². The Kier molecular flexibility index (Phi) is 3.23. The average Bonchev–Trinajstić information content (AvgIpc) is 2.84. The predicted molar refractivity (Wildman–Crippen MR) is 66.1 cm³/mol. The third-order valence-electron chi connectivity index (χ3n) is 2.56. The van der Waals surface area contributed by atoms with Gasteiger partial charge in [0.05, 0.1) is 10.7 Å². The Labute approximate surface area is 103 Å². The van der Waals surface area contributed by atoms with Crippen LogP contribution >= 0.6 is 11.3 Å². The van der Waals surface area contributed by atoms with Crippen LogP contribution in [-0.4, -0.2) is 21.1 Å². The molecule has 0 bridgehead atoms. The second-order valence-corrected chi connectivity index (χ2v) is 4.91. The first kappa shape index (κ1) is 11.8. The molecule has 0 fully saturated rings. The number of hydrogen-bond acceptors (Lipinski definition) is 4. The van der Waals surface area contributed by atoms with Crippen molar-refractivity contribution in [2.75, 3.05) is 0 Å². The lowest BCUT2D eigenvalue weighted by molar-refractivity contribution is 0.0946. The molecule has 5 nitrogen and oxygen atoms in total. The van der Waals surface area contributed by atoms with Crippen LogP contribution in [-0.2, 0) is 6.54 Å². The highest BCUT2D eigenvalue weighted by Gasteiger charge is 2.11. The molecule has 2 aromatic rings. The molecule has 2 heterocycles. The van der Waals surface area contributed by atoms with Crippen LogP contribution in [0.1, 0.15) is 32.4 Å². The number of carbonyl (C=O) groups is 1. The van der Waals surface area contributed by atoms with Crippen LogP contribution in [0.25, 0.3) is 0 Å². The van der Waals surface area contributed by atoms with Gasteiger partial charge in [0, 0.05) is 23.2 Å². The maximum atomic E-state index is 11.8. The smallest absolute Gasteiger partial charge is 0.271 e. The van der Waals surface area contributed by atoms with E-state index >= 15 is 0 Å². The Bertz CT molecular complexity index is 524. The SMILES string of the molecule is Cc1nc(C(=O)NCc2c(C)n[nH]c2C)cs1. The molecule has 2 N–H and O–H groups in total. The van der Waals surface area contributed by atoms with E-state index in [0.29, 0.717) is 12.2 Å². The summed E-state index contributed by atoms with van der Waals surface area (Å²) in [5.74, 6) is -0.144. The first-order valence-electron chi connectivity index (χ1n) is 5.28. The Morgan fingerprint density at radius 3 is 2.76 bits per heavy atom. The van der Waals surface area contributed by atoms with E-state index in [4.69, 9.17) is 0 Å². The lowest BCUT2D eigenvalue weighted by Crippen LogP contribution is -2.23. The van der Waals surface area contributed by atoms with Crippen molar-refractivity contribution in [1.29, 1.82) is 0 Å². The number of carbonyl (C=O) groups excluding carboxylic acids is 1. The van der Waals surface area contributed by atoms with Gasteiger partial charge in [-0.25, -0.2) is 4.98 Å². The zero-order chi connectivity index (χ0) is 12.4. The summed E-state index contributed by atoms with van der Waals surface area (Å²) < 4.78 is 0. The molecule has 6 heteroatoms. The van der Waals surface area contributed by atoms with Gasteiger partial charge >= 0.3 is 0 Å². The van der Waals surface area contributed by atoms with Gasteiger partial charge in [0.1, 0.15) is 5.69 Å². The van der Waals surface area contributed by atoms with Gasteiger partial charge in [0.15, 0.2) is 0 Å². The van der Waals surface area contributed by atoms with E-state index in [-0.39, 0.29) is 5.91 Å². The van der Waals surface area contributed by atoms with E-state index in [9.17, 15) is 4.79 Å². The summed E-state index contributed by atoms with van der Waals surface area (Å²) in [7, 11) is 0. The van der Waals surface area contributed by atoms with Crippen LogP contribution in [0, 0.1) is 20.8 Å². The molecule has 0 aliphatic rings. The molecule has 17 heavy (non-hydrogen) atoms. The topological polar surface area (TPSA) is 70.7 Å². The second-order valence-electron chi connectivity index (χ2n) is 3.85. The van der Waals surface area contributed by atoms with Crippen LogP contribution in [0.4, 0.5) is 0 Å². The number of thiazole rings is 1. The van der Waals surface area contributed by atoms with Crippen molar-refractivity contribution in [3.63, 3.8) is 0 Å². The number of aromatic amines is 1. The molecule has 2 aromatic heterocycles. The summed E-state index contributed by atoms with van der Waals surface area (Å²) in [6.45, 7) is 6.21. The monoisotopic (exact) mass is 250 g/mol. The second kappa shape index (κ2) is 4.67. The maximum Gasteiger partial charge on any atom is 0.271 e. The van der Waals surface area contributed by atoms with Crippen LogP contribution in [0.2, 0.25) is 0 Å². The summed E-state index contributed by atoms with van der Waals surface area (Å²) in [5, 5.41) is 12.5. The van der Waals surface area contributed by atoms with Gasteiger partial charge in [-0.05, 0) is 20.8 Å². The minimum absolute atomic E-state index is 0.144. The number of hydrogen-bond donors (Lipinski definition) is 2. The van der Waals surface area contributed by atoms with Crippen LogP contribution in [0.5, 0.6) is 0 Å². The van der Waals surface area contributed by atoms with Crippen molar-refractivity contribution in [3.8, 4) is 0 Å². The number of rotatable bonds is 3. The third-order valence-corrected chi connectivity index (χ3v) is 3.33. The van der Waals surface area contributed by atoms with Gasteiger partial charge in [0.25, 0.3) is 5.91 Å². The van der Waals surface area contributed by atoms with Gasteiger partial charge in [-0.3, -0.25) is 9.89 Å². The van der Waals surface area contributed by atoms with Crippen molar-refractivity contribution in [2.45, 2.75) is 27.3 Å². The van der Waals surface area contributed by atoms with E-state index in [1.165, 1.54) is 11.3 Å². The van der Waals surface area contributed by atoms with E-state index in [2.05, 4.69) is 20.5 Å². The van der Waals surface area contributed by atoms with E-state index in [1.807, 2.05) is 20.8 Å². The fraction of sp³-hybridized carbons (Fsp3) is 0.364. The fourth-order valence-electron chi connectivity index (χ4n) is 1.56.